The third kappa shape index (κ3) is 5.57. The summed E-state index contributed by atoms with van der Waals surface area (Å²) in [5.41, 5.74) is 1.88. The van der Waals surface area contributed by atoms with Gasteiger partial charge in [-0.25, -0.2) is 4.98 Å². The Labute approximate surface area is 169 Å². The first-order chi connectivity index (χ1) is 13.7. The Morgan fingerprint density at radius 2 is 1.86 bits per heavy atom. The molecule has 28 heavy (non-hydrogen) atoms. The van der Waals surface area contributed by atoms with Gasteiger partial charge in [0.1, 0.15) is 23.1 Å². The third-order valence-corrected chi connectivity index (χ3v) is 5.24. The first kappa shape index (κ1) is 19.9. The van der Waals surface area contributed by atoms with Crippen LogP contribution < -0.4 is 9.47 Å². The fourth-order valence-electron chi connectivity index (χ4n) is 2.77. The van der Waals surface area contributed by atoms with Crippen LogP contribution in [0, 0.1) is 0 Å². The maximum Gasteiger partial charge on any atom is 0.228 e. The quantitative estimate of drug-likeness (QED) is 0.549. The van der Waals surface area contributed by atoms with E-state index in [1.165, 1.54) is 11.3 Å². The van der Waals surface area contributed by atoms with Crippen molar-refractivity contribution in [1.29, 1.82) is 0 Å². The van der Waals surface area contributed by atoms with E-state index in [0.717, 1.165) is 34.2 Å². The average molecular weight is 397 g/mol. The van der Waals surface area contributed by atoms with Crippen LogP contribution >= 0.6 is 11.3 Å². The number of para-hydroxylation sites is 2. The van der Waals surface area contributed by atoms with E-state index in [1.54, 1.807) is 12.0 Å². The average Bonchev–Trinajstić information content (AvgIpc) is 3.18. The molecule has 5 nitrogen and oxygen atoms in total. The first-order valence-corrected chi connectivity index (χ1v) is 10.0. The van der Waals surface area contributed by atoms with Crippen LogP contribution in [0.2, 0.25) is 0 Å². The van der Waals surface area contributed by atoms with Crippen LogP contribution in [0.15, 0.2) is 60.0 Å². The van der Waals surface area contributed by atoms with Gasteiger partial charge in [0.2, 0.25) is 5.91 Å². The third-order valence-electron chi connectivity index (χ3n) is 4.37. The van der Waals surface area contributed by atoms with Crippen molar-refractivity contribution < 1.29 is 14.3 Å². The molecule has 0 aliphatic carbocycles. The lowest BCUT2D eigenvalue weighted by atomic mass is 10.1. The van der Waals surface area contributed by atoms with Gasteiger partial charge < -0.3 is 14.4 Å². The largest absolute Gasteiger partial charge is 0.496 e. The maximum atomic E-state index is 12.5. The van der Waals surface area contributed by atoms with E-state index in [0.29, 0.717) is 19.6 Å². The summed E-state index contributed by atoms with van der Waals surface area (Å²) in [6.07, 6.45) is 1.05. The number of carbonyl (C=O) groups is 1. The highest BCUT2D eigenvalue weighted by Gasteiger charge is 2.13. The van der Waals surface area contributed by atoms with Gasteiger partial charge in [0.15, 0.2) is 0 Å². The molecule has 146 valence electrons. The molecule has 0 N–H and O–H groups in total. The predicted molar refractivity (Wildman–Crippen MR) is 111 cm³/mol. The van der Waals surface area contributed by atoms with Crippen molar-refractivity contribution in [3.63, 3.8) is 0 Å². The van der Waals surface area contributed by atoms with Crippen LogP contribution in [0.3, 0.4) is 0 Å². The number of ether oxygens (including phenoxy) is 2. The monoisotopic (exact) mass is 396 g/mol. The van der Waals surface area contributed by atoms with E-state index >= 15 is 0 Å². The van der Waals surface area contributed by atoms with E-state index < -0.39 is 0 Å². The van der Waals surface area contributed by atoms with E-state index in [2.05, 4.69) is 4.98 Å². The van der Waals surface area contributed by atoms with Gasteiger partial charge in [0.25, 0.3) is 0 Å². The standard InChI is InChI=1S/C22H24N2O3S/c1-24(13-12-17-8-6-7-11-20(17)26-2)22(25)14-18-16-28-21(23-18)15-27-19-9-4-3-5-10-19/h3-11,16H,12-15H2,1-2H3. The molecule has 0 fully saturated rings. The first-order valence-electron chi connectivity index (χ1n) is 9.12. The fourth-order valence-corrected chi connectivity index (χ4v) is 3.48. The molecule has 1 heterocycles. The molecule has 6 heteroatoms. The minimum atomic E-state index is 0.0516. The number of thiazole rings is 1. The molecule has 0 spiro atoms. The lowest BCUT2D eigenvalue weighted by molar-refractivity contribution is -0.129. The highest BCUT2D eigenvalue weighted by Crippen LogP contribution is 2.18. The molecule has 0 atom stereocenters. The summed E-state index contributed by atoms with van der Waals surface area (Å²) in [6, 6.07) is 17.5. The van der Waals surface area contributed by atoms with Crippen LogP contribution in [0.5, 0.6) is 11.5 Å². The maximum absolute atomic E-state index is 12.5. The zero-order valence-corrected chi connectivity index (χ0v) is 16.9. The number of aromatic nitrogens is 1. The molecular weight excluding hydrogens is 372 g/mol. The Morgan fingerprint density at radius 1 is 1.11 bits per heavy atom. The van der Waals surface area contributed by atoms with Crippen molar-refractivity contribution in [2.75, 3.05) is 20.7 Å². The summed E-state index contributed by atoms with van der Waals surface area (Å²) in [5.74, 6) is 1.72. The Kier molecular flexibility index (Phi) is 7.03. The number of amides is 1. The SMILES string of the molecule is COc1ccccc1CCN(C)C(=O)Cc1csc(COc2ccccc2)n1. The number of benzene rings is 2. The predicted octanol–water partition coefficient (Wildman–Crippen LogP) is 3.97. The van der Waals surface area contributed by atoms with E-state index in [1.807, 2.05) is 67.0 Å². The molecule has 0 radical (unpaired) electrons. The molecule has 0 aliphatic heterocycles. The van der Waals surface area contributed by atoms with Gasteiger partial charge in [-0.1, -0.05) is 36.4 Å². The lowest BCUT2D eigenvalue weighted by Crippen LogP contribution is -2.30. The Bertz CT molecular complexity index is 896. The number of carbonyl (C=O) groups excluding carboxylic acids is 1. The number of hydrogen-bond acceptors (Lipinski definition) is 5. The molecule has 3 rings (SSSR count). The minimum Gasteiger partial charge on any atom is -0.496 e. The van der Waals surface area contributed by atoms with Gasteiger partial charge in [0, 0.05) is 19.0 Å². The second-order valence-electron chi connectivity index (χ2n) is 6.39. The molecule has 2 aromatic carbocycles. The summed E-state index contributed by atoms with van der Waals surface area (Å²) in [6.45, 7) is 1.04. The molecule has 0 aliphatic rings. The number of hydrogen-bond donors (Lipinski definition) is 0. The second kappa shape index (κ2) is 9.90. The van der Waals surface area contributed by atoms with Crippen molar-refractivity contribution in [3.05, 3.63) is 76.2 Å². The number of rotatable bonds is 9. The van der Waals surface area contributed by atoms with Gasteiger partial charge in [0.05, 0.1) is 19.2 Å². The molecule has 3 aromatic rings. The number of methoxy groups -OCH3 is 1. The molecular formula is C22H24N2O3S. The van der Waals surface area contributed by atoms with Crippen LogP contribution in [-0.4, -0.2) is 36.5 Å². The molecule has 1 aromatic heterocycles. The van der Waals surface area contributed by atoms with Gasteiger partial charge in [-0.05, 0) is 30.2 Å². The normalized spacial score (nSPS) is 10.5. The Hall–Kier alpha value is -2.86. The molecule has 0 bridgehead atoms. The number of nitrogens with zero attached hydrogens (tertiary/aromatic N) is 2. The van der Waals surface area contributed by atoms with Gasteiger partial charge in [-0.2, -0.15) is 0 Å². The summed E-state index contributed by atoms with van der Waals surface area (Å²) >= 11 is 1.51. The van der Waals surface area contributed by atoms with Crippen molar-refractivity contribution in [2.24, 2.45) is 0 Å². The van der Waals surface area contributed by atoms with Crippen LogP contribution in [0.25, 0.3) is 0 Å². The topological polar surface area (TPSA) is 51.7 Å². The molecule has 1 amide bonds. The smallest absolute Gasteiger partial charge is 0.228 e. The number of likely N-dealkylation sites (N-methyl/N-ethyl adjacent to an activating group) is 1. The summed E-state index contributed by atoms with van der Waals surface area (Å²) in [5, 5.41) is 2.79. The van der Waals surface area contributed by atoms with Gasteiger partial charge in [-0.15, -0.1) is 11.3 Å². The van der Waals surface area contributed by atoms with Crippen molar-refractivity contribution >= 4 is 17.2 Å². The van der Waals surface area contributed by atoms with Crippen molar-refractivity contribution in [1.82, 2.24) is 9.88 Å². The van der Waals surface area contributed by atoms with Crippen LogP contribution in [0.1, 0.15) is 16.3 Å². The lowest BCUT2D eigenvalue weighted by Gasteiger charge is -2.17. The van der Waals surface area contributed by atoms with Gasteiger partial charge in [-0.3, -0.25) is 4.79 Å². The molecule has 0 saturated heterocycles. The van der Waals surface area contributed by atoms with Crippen molar-refractivity contribution in [3.8, 4) is 11.5 Å². The molecule has 0 saturated carbocycles. The van der Waals surface area contributed by atoms with E-state index in [9.17, 15) is 4.79 Å². The Morgan fingerprint density at radius 3 is 2.64 bits per heavy atom. The highest BCUT2D eigenvalue weighted by atomic mass is 32.1. The van der Waals surface area contributed by atoms with Crippen LogP contribution in [0.4, 0.5) is 0 Å². The van der Waals surface area contributed by atoms with E-state index in [4.69, 9.17) is 9.47 Å². The summed E-state index contributed by atoms with van der Waals surface area (Å²) < 4.78 is 11.1. The summed E-state index contributed by atoms with van der Waals surface area (Å²) in [7, 11) is 3.48. The van der Waals surface area contributed by atoms with E-state index in [-0.39, 0.29) is 5.91 Å². The van der Waals surface area contributed by atoms with Crippen LogP contribution in [-0.2, 0) is 24.2 Å². The zero-order chi connectivity index (χ0) is 19.8. The Balaban J connectivity index is 1.48. The van der Waals surface area contributed by atoms with Gasteiger partial charge >= 0.3 is 0 Å². The zero-order valence-electron chi connectivity index (χ0n) is 16.1. The second-order valence-corrected chi connectivity index (χ2v) is 7.33. The summed E-state index contributed by atoms with van der Waals surface area (Å²) in [4.78, 5) is 18.8. The minimum absolute atomic E-state index is 0.0516. The fraction of sp³-hybridized carbons (Fsp3) is 0.273. The highest BCUT2D eigenvalue weighted by molar-refractivity contribution is 7.09. The van der Waals surface area contributed by atoms with Crippen molar-refractivity contribution in [2.45, 2.75) is 19.4 Å². The molecule has 0 unspecified atom stereocenters.